The number of esters is 1. The minimum absolute atomic E-state index is 0.0819. The van der Waals surface area contributed by atoms with Crippen LogP contribution in [0.1, 0.15) is 27.9 Å². The molecule has 9 heteroatoms. The van der Waals surface area contributed by atoms with Crippen LogP contribution in [0, 0.1) is 0 Å². The van der Waals surface area contributed by atoms with Gasteiger partial charge < -0.3 is 14.6 Å². The first-order valence-corrected chi connectivity index (χ1v) is 8.00. The largest absolute Gasteiger partial charge is 0.481 e. The van der Waals surface area contributed by atoms with Gasteiger partial charge in [0.05, 0.1) is 31.3 Å². The third-order valence-corrected chi connectivity index (χ3v) is 3.65. The number of ether oxygens (including phenoxy) is 2. The average molecular weight is 368 g/mol. The highest BCUT2D eigenvalue weighted by molar-refractivity contribution is 5.89. The first-order valence-electron chi connectivity index (χ1n) is 8.00. The van der Waals surface area contributed by atoms with Crippen molar-refractivity contribution in [2.45, 2.75) is 6.92 Å². The zero-order valence-electron chi connectivity index (χ0n) is 14.6. The van der Waals surface area contributed by atoms with Crippen LogP contribution in [0.25, 0.3) is 16.9 Å². The maximum atomic E-state index is 12.1. The predicted octanol–water partition coefficient (Wildman–Crippen LogP) is 2.21. The summed E-state index contributed by atoms with van der Waals surface area (Å²) in [7, 11) is 1.51. The molecule has 0 radical (unpaired) electrons. The smallest absolute Gasteiger partial charge is 0.358 e. The summed E-state index contributed by atoms with van der Waals surface area (Å²) in [6, 6.07) is 7.92. The standard InChI is InChI=1S/C18H16N4O5/c1-3-27-18(25)14-8-15(11-4-6-13(17(23)24)19-9-11)22(21-14)12-5-7-16(26-2)20-10-12/h4-10H,3H2,1-2H3,(H,23,24). The molecule has 0 aromatic carbocycles. The van der Waals surface area contributed by atoms with Gasteiger partial charge >= 0.3 is 11.9 Å². The molecule has 3 aromatic rings. The summed E-state index contributed by atoms with van der Waals surface area (Å²) in [5, 5.41) is 13.3. The molecular formula is C18H16N4O5. The molecule has 0 saturated carbocycles. The molecule has 138 valence electrons. The van der Waals surface area contributed by atoms with Gasteiger partial charge in [-0.15, -0.1) is 0 Å². The minimum atomic E-state index is -1.12. The van der Waals surface area contributed by atoms with Crippen LogP contribution in [0.5, 0.6) is 5.88 Å². The lowest BCUT2D eigenvalue weighted by molar-refractivity contribution is 0.0518. The number of carboxylic acid groups (broad SMARTS) is 1. The molecule has 0 bridgehead atoms. The summed E-state index contributed by atoms with van der Waals surface area (Å²) < 4.78 is 11.6. The number of hydrogen-bond acceptors (Lipinski definition) is 7. The molecule has 0 fully saturated rings. The Balaban J connectivity index is 2.09. The van der Waals surface area contributed by atoms with Gasteiger partial charge in [0.1, 0.15) is 5.69 Å². The van der Waals surface area contributed by atoms with Crippen molar-refractivity contribution >= 4 is 11.9 Å². The Bertz CT molecular complexity index is 964. The van der Waals surface area contributed by atoms with E-state index in [0.717, 1.165) is 0 Å². The molecular weight excluding hydrogens is 352 g/mol. The van der Waals surface area contributed by atoms with Gasteiger partial charge in [0.25, 0.3) is 0 Å². The second kappa shape index (κ2) is 7.65. The number of aromatic nitrogens is 4. The fourth-order valence-corrected chi connectivity index (χ4v) is 2.38. The summed E-state index contributed by atoms with van der Waals surface area (Å²) in [6.07, 6.45) is 2.95. The number of aromatic carboxylic acids is 1. The lowest BCUT2D eigenvalue weighted by atomic mass is 10.2. The van der Waals surface area contributed by atoms with E-state index in [1.807, 2.05) is 0 Å². The van der Waals surface area contributed by atoms with Crippen LogP contribution in [0.15, 0.2) is 42.7 Å². The molecule has 3 rings (SSSR count). The second-order valence-electron chi connectivity index (χ2n) is 5.34. The quantitative estimate of drug-likeness (QED) is 0.658. The van der Waals surface area contributed by atoms with Gasteiger partial charge in [-0.1, -0.05) is 0 Å². The molecule has 3 heterocycles. The van der Waals surface area contributed by atoms with Gasteiger partial charge in [-0.3, -0.25) is 0 Å². The second-order valence-corrected chi connectivity index (χ2v) is 5.34. The maximum absolute atomic E-state index is 12.1. The van der Waals surface area contributed by atoms with Gasteiger partial charge in [-0.05, 0) is 31.2 Å². The number of hydrogen-bond donors (Lipinski definition) is 1. The number of methoxy groups -OCH3 is 1. The van der Waals surface area contributed by atoms with Crippen LogP contribution in [0.2, 0.25) is 0 Å². The number of pyridine rings is 2. The highest BCUT2D eigenvalue weighted by Crippen LogP contribution is 2.24. The van der Waals surface area contributed by atoms with E-state index in [2.05, 4.69) is 15.1 Å². The zero-order valence-corrected chi connectivity index (χ0v) is 14.6. The Morgan fingerprint density at radius 1 is 1.11 bits per heavy atom. The van der Waals surface area contributed by atoms with Crippen molar-refractivity contribution in [1.29, 1.82) is 0 Å². The van der Waals surface area contributed by atoms with Gasteiger partial charge in [-0.2, -0.15) is 5.10 Å². The zero-order chi connectivity index (χ0) is 19.4. The fourth-order valence-electron chi connectivity index (χ4n) is 2.38. The lowest BCUT2D eigenvalue weighted by Gasteiger charge is -2.08. The molecule has 0 saturated heterocycles. The maximum Gasteiger partial charge on any atom is 0.358 e. The Morgan fingerprint density at radius 2 is 1.93 bits per heavy atom. The Labute approximate surface area is 154 Å². The van der Waals surface area contributed by atoms with E-state index >= 15 is 0 Å². The van der Waals surface area contributed by atoms with E-state index in [4.69, 9.17) is 14.6 Å². The van der Waals surface area contributed by atoms with Crippen molar-refractivity contribution in [2.75, 3.05) is 13.7 Å². The predicted molar refractivity (Wildman–Crippen MR) is 94.1 cm³/mol. The van der Waals surface area contributed by atoms with E-state index in [-0.39, 0.29) is 18.0 Å². The van der Waals surface area contributed by atoms with E-state index in [1.165, 1.54) is 24.1 Å². The summed E-state index contributed by atoms with van der Waals surface area (Å²) in [5.74, 6) is -1.25. The van der Waals surface area contributed by atoms with Crippen molar-refractivity contribution in [1.82, 2.24) is 19.7 Å². The van der Waals surface area contributed by atoms with Crippen molar-refractivity contribution in [3.8, 4) is 22.8 Å². The van der Waals surface area contributed by atoms with E-state index < -0.39 is 11.9 Å². The molecule has 0 unspecified atom stereocenters. The molecule has 0 spiro atoms. The Hall–Kier alpha value is -3.75. The van der Waals surface area contributed by atoms with Crippen molar-refractivity contribution < 1.29 is 24.2 Å². The molecule has 0 atom stereocenters. The van der Waals surface area contributed by atoms with Gasteiger partial charge in [0.15, 0.2) is 5.69 Å². The monoisotopic (exact) mass is 368 g/mol. The summed E-state index contributed by atoms with van der Waals surface area (Å²) in [6.45, 7) is 1.93. The Morgan fingerprint density at radius 3 is 2.48 bits per heavy atom. The topological polar surface area (TPSA) is 116 Å². The molecule has 0 aliphatic heterocycles. The van der Waals surface area contributed by atoms with Crippen LogP contribution in [0.3, 0.4) is 0 Å². The molecule has 27 heavy (non-hydrogen) atoms. The van der Waals surface area contributed by atoms with Crippen molar-refractivity contribution in [3.63, 3.8) is 0 Å². The van der Waals surface area contributed by atoms with Crippen LogP contribution < -0.4 is 4.74 Å². The van der Waals surface area contributed by atoms with Gasteiger partial charge in [0, 0.05) is 17.8 Å². The summed E-state index contributed by atoms with van der Waals surface area (Å²) >= 11 is 0. The first kappa shape index (κ1) is 18.1. The lowest BCUT2D eigenvalue weighted by Crippen LogP contribution is -2.07. The van der Waals surface area contributed by atoms with E-state index in [0.29, 0.717) is 22.8 Å². The average Bonchev–Trinajstić information content (AvgIpc) is 3.14. The molecule has 0 aliphatic carbocycles. The van der Waals surface area contributed by atoms with Crippen molar-refractivity contribution in [3.05, 3.63) is 54.1 Å². The molecule has 0 amide bonds. The third kappa shape index (κ3) is 3.76. The SMILES string of the molecule is CCOC(=O)c1cc(-c2ccc(C(=O)O)nc2)n(-c2ccc(OC)nc2)n1. The highest BCUT2D eigenvalue weighted by Gasteiger charge is 2.18. The number of rotatable bonds is 6. The molecule has 1 N–H and O–H groups in total. The van der Waals surface area contributed by atoms with Gasteiger partial charge in [-0.25, -0.2) is 24.2 Å². The number of carbonyl (C=O) groups is 2. The van der Waals surface area contributed by atoms with Crippen LogP contribution in [-0.4, -0.2) is 50.5 Å². The normalized spacial score (nSPS) is 10.4. The number of carbonyl (C=O) groups excluding carboxylic acids is 1. The van der Waals surface area contributed by atoms with Crippen LogP contribution >= 0.6 is 0 Å². The van der Waals surface area contributed by atoms with Gasteiger partial charge in [0.2, 0.25) is 5.88 Å². The number of nitrogens with zero attached hydrogens (tertiary/aromatic N) is 4. The minimum Gasteiger partial charge on any atom is -0.481 e. The van der Waals surface area contributed by atoms with E-state index in [1.54, 1.807) is 37.4 Å². The summed E-state index contributed by atoms with van der Waals surface area (Å²) in [4.78, 5) is 31.1. The first-order chi connectivity index (χ1) is 13.0. The molecule has 0 aliphatic rings. The van der Waals surface area contributed by atoms with Crippen molar-refractivity contribution in [2.24, 2.45) is 0 Å². The number of carboxylic acids is 1. The Kier molecular flexibility index (Phi) is 5.11. The fraction of sp³-hybridized carbons (Fsp3) is 0.167. The van der Waals surface area contributed by atoms with Crippen LogP contribution in [0.4, 0.5) is 0 Å². The molecule has 9 nitrogen and oxygen atoms in total. The van der Waals surface area contributed by atoms with E-state index in [9.17, 15) is 9.59 Å². The molecule has 3 aromatic heterocycles. The summed E-state index contributed by atoms with van der Waals surface area (Å²) in [5.41, 5.74) is 1.74. The van der Waals surface area contributed by atoms with Crippen LogP contribution in [-0.2, 0) is 4.74 Å². The third-order valence-electron chi connectivity index (χ3n) is 3.65. The highest BCUT2D eigenvalue weighted by atomic mass is 16.5.